The summed E-state index contributed by atoms with van der Waals surface area (Å²) in [6.45, 7) is 0.736. The summed E-state index contributed by atoms with van der Waals surface area (Å²) in [5.41, 5.74) is 1.21. The molecule has 0 aliphatic heterocycles. The normalized spacial score (nSPS) is 10.6. The van der Waals surface area contributed by atoms with Crippen molar-refractivity contribution in [3.8, 4) is 16.9 Å². The minimum absolute atomic E-state index is 0.117. The summed E-state index contributed by atoms with van der Waals surface area (Å²) in [6, 6.07) is 4.73. The molecule has 0 saturated carbocycles. The molecule has 0 bridgehead atoms. The molecule has 1 aromatic heterocycles. The first-order chi connectivity index (χ1) is 8.74. The van der Waals surface area contributed by atoms with Gasteiger partial charge in [0.25, 0.3) is 0 Å². The van der Waals surface area contributed by atoms with Gasteiger partial charge >= 0.3 is 0 Å². The van der Waals surface area contributed by atoms with E-state index in [9.17, 15) is 4.39 Å². The smallest absolute Gasteiger partial charge is 0.134 e. The Morgan fingerprint density at radius 3 is 2.94 bits per heavy atom. The molecule has 0 spiro atoms. The molecular formula is C13H15FN2O2. The number of rotatable bonds is 5. The number of aliphatic hydroxyl groups excluding tert-OH is 1. The highest BCUT2D eigenvalue weighted by molar-refractivity contribution is 5.63. The third kappa shape index (κ3) is 2.68. The van der Waals surface area contributed by atoms with Crippen LogP contribution in [0, 0.1) is 5.82 Å². The number of aromatic nitrogens is 2. The largest absolute Gasteiger partial charge is 0.497 e. The predicted octanol–water partition coefficient (Wildman–Crippen LogP) is 2.08. The second-order valence-corrected chi connectivity index (χ2v) is 3.92. The van der Waals surface area contributed by atoms with Crippen LogP contribution in [0.25, 0.3) is 11.1 Å². The van der Waals surface area contributed by atoms with Crippen molar-refractivity contribution >= 4 is 0 Å². The van der Waals surface area contributed by atoms with E-state index in [1.54, 1.807) is 29.2 Å². The van der Waals surface area contributed by atoms with E-state index in [1.165, 1.54) is 13.2 Å². The van der Waals surface area contributed by atoms with E-state index in [1.807, 2.05) is 0 Å². The summed E-state index contributed by atoms with van der Waals surface area (Å²) in [7, 11) is 1.50. The molecule has 4 nitrogen and oxygen atoms in total. The molecular weight excluding hydrogens is 235 g/mol. The maximum atomic E-state index is 13.8. The van der Waals surface area contributed by atoms with Crippen molar-refractivity contribution in [3.05, 3.63) is 36.4 Å². The molecule has 0 aliphatic rings. The molecule has 0 atom stereocenters. The van der Waals surface area contributed by atoms with Crippen LogP contribution in [-0.4, -0.2) is 28.6 Å². The first-order valence-electron chi connectivity index (χ1n) is 5.72. The van der Waals surface area contributed by atoms with Crippen LogP contribution in [-0.2, 0) is 6.54 Å². The average Bonchev–Trinajstić information content (AvgIpc) is 2.84. The van der Waals surface area contributed by atoms with Gasteiger partial charge in [0.05, 0.1) is 13.3 Å². The van der Waals surface area contributed by atoms with Gasteiger partial charge in [0.1, 0.15) is 11.6 Å². The second kappa shape index (κ2) is 5.64. The van der Waals surface area contributed by atoms with Crippen LogP contribution >= 0.6 is 0 Å². The van der Waals surface area contributed by atoms with Crippen molar-refractivity contribution < 1.29 is 14.2 Å². The van der Waals surface area contributed by atoms with Crippen LogP contribution in [0.5, 0.6) is 5.75 Å². The Morgan fingerprint density at radius 2 is 2.28 bits per heavy atom. The third-order valence-electron chi connectivity index (χ3n) is 2.67. The van der Waals surface area contributed by atoms with E-state index in [-0.39, 0.29) is 12.4 Å². The monoisotopic (exact) mass is 250 g/mol. The maximum Gasteiger partial charge on any atom is 0.134 e. The summed E-state index contributed by atoms with van der Waals surface area (Å²) in [5.74, 6) is 0.153. The van der Waals surface area contributed by atoms with E-state index in [0.717, 1.165) is 0 Å². The van der Waals surface area contributed by atoms with E-state index >= 15 is 0 Å². The molecule has 5 heteroatoms. The number of aryl methyl sites for hydroxylation is 1. The molecule has 1 heterocycles. The Balaban J connectivity index is 2.23. The van der Waals surface area contributed by atoms with Crippen molar-refractivity contribution in [2.45, 2.75) is 13.0 Å². The van der Waals surface area contributed by atoms with Crippen LogP contribution in [0.15, 0.2) is 30.6 Å². The zero-order chi connectivity index (χ0) is 13.0. The van der Waals surface area contributed by atoms with Gasteiger partial charge in [-0.1, -0.05) is 0 Å². The lowest BCUT2D eigenvalue weighted by Crippen LogP contribution is -1.99. The van der Waals surface area contributed by atoms with Gasteiger partial charge in [-0.15, -0.1) is 0 Å². The molecule has 96 valence electrons. The van der Waals surface area contributed by atoms with E-state index in [2.05, 4.69) is 5.10 Å². The molecule has 2 aromatic rings. The van der Waals surface area contributed by atoms with Crippen LogP contribution in [0.1, 0.15) is 6.42 Å². The number of aliphatic hydroxyl groups is 1. The molecule has 0 aliphatic carbocycles. The number of hydrogen-bond donors (Lipinski definition) is 1. The Hall–Kier alpha value is -1.88. The number of nitrogens with zero attached hydrogens (tertiary/aromatic N) is 2. The standard InChI is InChI=1S/C13H15FN2O2/c1-18-11-3-4-12(13(14)7-11)10-8-15-16(9-10)5-2-6-17/h3-4,7-9,17H,2,5-6H2,1H3. The van der Waals surface area contributed by atoms with E-state index < -0.39 is 0 Å². The van der Waals surface area contributed by atoms with E-state index in [0.29, 0.717) is 29.8 Å². The van der Waals surface area contributed by atoms with Gasteiger partial charge in [-0.05, 0) is 18.6 Å². The van der Waals surface area contributed by atoms with Crippen molar-refractivity contribution in [1.29, 1.82) is 0 Å². The first-order valence-corrected chi connectivity index (χ1v) is 5.72. The highest BCUT2D eigenvalue weighted by Crippen LogP contribution is 2.25. The molecule has 0 unspecified atom stereocenters. The van der Waals surface area contributed by atoms with Crippen molar-refractivity contribution in [2.75, 3.05) is 13.7 Å². The fourth-order valence-electron chi connectivity index (χ4n) is 1.71. The van der Waals surface area contributed by atoms with Crippen LogP contribution in [0.2, 0.25) is 0 Å². The third-order valence-corrected chi connectivity index (χ3v) is 2.67. The van der Waals surface area contributed by atoms with Gasteiger partial charge in [-0.3, -0.25) is 4.68 Å². The van der Waals surface area contributed by atoms with Crippen LogP contribution < -0.4 is 4.74 Å². The van der Waals surface area contributed by atoms with E-state index in [4.69, 9.17) is 9.84 Å². The number of halogens is 1. The lowest BCUT2D eigenvalue weighted by molar-refractivity contribution is 0.277. The Labute approximate surface area is 105 Å². The molecule has 1 N–H and O–H groups in total. The molecule has 0 radical (unpaired) electrons. The summed E-state index contributed by atoms with van der Waals surface area (Å²) in [4.78, 5) is 0. The lowest BCUT2D eigenvalue weighted by Gasteiger charge is -2.03. The topological polar surface area (TPSA) is 47.3 Å². The van der Waals surface area contributed by atoms with Crippen LogP contribution in [0.3, 0.4) is 0 Å². The summed E-state index contributed by atoms with van der Waals surface area (Å²) in [6.07, 6.45) is 4.01. The second-order valence-electron chi connectivity index (χ2n) is 3.92. The van der Waals surface area contributed by atoms with Gasteiger partial charge in [-0.2, -0.15) is 5.10 Å². The number of ether oxygens (including phenoxy) is 1. The van der Waals surface area contributed by atoms with Crippen molar-refractivity contribution in [3.63, 3.8) is 0 Å². The van der Waals surface area contributed by atoms with Gasteiger partial charge in [-0.25, -0.2) is 4.39 Å². The van der Waals surface area contributed by atoms with Gasteiger partial charge in [0.2, 0.25) is 0 Å². The quantitative estimate of drug-likeness (QED) is 0.883. The van der Waals surface area contributed by atoms with Crippen molar-refractivity contribution in [2.24, 2.45) is 0 Å². The molecule has 0 amide bonds. The molecule has 0 fully saturated rings. The minimum Gasteiger partial charge on any atom is -0.497 e. The highest BCUT2D eigenvalue weighted by Gasteiger charge is 2.08. The Bertz CT molecular complexity index is 525. The maximum absolute atomic E-state index is 13.8. The Morgan fingerprint density at radius 1 is 1.44 bits per heavy atom. The SMILES string of the molecule is COc1ccc(-c2cnn(CCCO)c2)c(F)c1. The summed E-state index contributed by atoms with van der Waals surface area (Å²) < 4.78 is 20.5. The minimum atomic E-state index is -0.337. The summed E-state index contributed by atoms with van der Waals surface area (Å²) in [5, 5.41) is 12.9. The summed E-state index contributed by atoms with van der Waals surface area (Å²) >= 11 is 0. The molecule has 0 saturated heterocycles. The lowest BCUT2D eigenvalue weighted by atomic mass is 10.1. The van der Waals surface area contributed by atoms with Gasteiger partial charge < -0.3 is 9.84 Å². The van der Waals surface area contributed by atoms with Gasteiger partial charge in [0.15, 0.2) is 0 Å². The fourth-order valence-corrected chi connectivity index (χ4v) is 1.71. The van der Waals surface area contributed by atoms with Crippen molar-refractivity contribution in [1.82, 2.24) is 9.78 Å². The average molecular weight is 250 g/mol. The fraction of sp³-hybridized carbons (Fsp3) is 0.308. The number of benzene rings is 1. The van der Waals surface area contributed by atoms with Crippen LogP contribution in [0.4, 0.5) is 4.39 Å². The number of hydrogen-bond acceptors (Lipinski definition) is 3. The molecule has 18 heavy (non-hydrogen) atoms. The zero-order valence-electron chi connectivity index (χ0n) is 10.1. The first kappa shape index (κ1) is 12.6. The molecule has 1 aromatic carbocycles. The predicted molar refractivity (Wildman–Crippen MR) is 65.9 cm³/mol. The van der Waals surface area contributed by atoms with Gasteiger partial charge in [0, 0.05) is 36.5 Å². The Kier molecular flexibility index (Phi) is 3.94. The molecule has 2 rings (SSSR count). The highest BCUT2D eigenvalue weighted by atomic mass is 19.1. The zero-order valence-corrected chi connectivity index (χ0v) is 10.1. The number of methoxy groups -OCH3 is 1.